The van der Waals surface area contributed by atoms with Crippen molar-refractivity contribution in [3.05, 3.63) is 29.6 Å². The quantitative estimate of drug-likeness (QED) is 0.776. The second-order valence-electron chi connectivity index (χ2n) is 5.84. The zero-order valence-electron chi connectivity index (χ0n) is 13.4. The van der Waals surface area contributed by atoms with Crippen LogP contribution in [0.4, 0.5) is 4.39 Å². The van der Waals surface area contributed by atoms with Crippen LogP contribution in [0.25, 0.3) is 0 Å². The molecule has 0 aliphatic carbocycles. The van der Waals surface area contributed by atoms with Gasteiger partial charge < -0.3 is 10.1 Å². The Kier molecular flexibility index (Phi) is 7.00. The second-order valence-corrected chi connectivity index (χ2v) is 5.84. The molecule has 2 atom stereocenters. The summed E-state index contributed by atoms with van der Waals surface area (Å²) in [5, 5.41) is 3.59. The molecule has 0 amide bonds. The molecule has 1 N–H and O–H groups in total. The van der Waals surface area contributed by atoms with Crippen LogP contribution in [0.1, 0.15) is 39.7 Å². The van der Waals surface area contributed by atoms with Gasteiger partial charge >= 0.3 is 0 Å². The molecule has 0 heterocycles. The molecule has 20 heavy (non-hydrogen) atoms. The molecule has 0 aromatic heterocycles. The Balaban J connectivity index is 2.80. The van der Waals surface area contributed by atoms with Gasteiger partial charge in [0.1, 0.15) is 0 Å². The zero-order chi connectivity index (χ0) is 15.1. The zero-order valence-corrected chi connectivity index (χ0v) is 13.4. The predicted octanol–water partition coefficient (Wildman–Crippen LogP) is 4.04. The summed E-state index contributed by atoms with van der Waals surface area (Å²) in [6, 6.07) is 5.63. The maximum absolute atomic E-state index is 13.8. The third kappa shape index (κ3) is 4.78. The Labute approximate surface area is 122 Å². The van der Waals surface area contributed by atoms with Gasteiger partial charge in [0.05, 0.1) is 7.11 Å². The van der Waals surface area contributed by atoms with Crippen LogP contribution in [0.2, 0.25) is 0 Å². The highest BCUT2D eigenvalue weighted by molar-refractivity contribution is 5.29. The SMILES string of the molecule is CCCNC(Cc1ccc(OC)c(F)c1)C(C)C(C)C. The number of halogens is 1. The van der Waals surface area contributed by atoms with Crippen molar-refractivity contribution in [3.63, 3.8) is 0 Å². The summed E-state index contributed by atoms with van der Waals surface area (Å²) in [4.78, 5) is 0. The van der Waals surface area contributed by atoms with E-state index in [2.05, 4.69) is 33.0 Å². The van der Waals surface area contributed by atoms with E-state index in [0.717, 1.165) is 24.9 Å². The molecule has 0 spiro atoms. The van der Waals surface area contributed by atoms with E-state index in [0.29, 0.717) is 23.6 Å². The molecule has 2 unspecified atom stereocenters. The topological polar surface area (TPSA) is 21.3 Å². The van der Waals surface area contributed by atoms with Gasteiger partial charge in [-0.15, -0.1) is 0 Å². The maximum atomic E-state index is 13.8. The van der Waals surface area contributed by atoms with Gasteiger partial charge in [0.2, 0.25) is 0 Å². The fourth-order valence-corrected chi connectivity index (χ4v) is 2.33. The van der Waals surface area contributed by atoms with Crippen molar-refractivity contribution >= 4 is 0 Å². The first-order valence-electron chi connectivity index (χ1n) is 7.55. The van der Waals surface area contributed by atoms with Gasteiger partial charge in [-0.1, -0.05) is 33.8 Å². The van der Waals surface area contributed by atoms with Gasteiger partial charge in [-0.3, -0.25) is 0 Å². The third-order valence-electron chi connectivity index (χ3n) is 4.01. The molecular formula is C17H28FNO. The molecular weight excluding hydrogens is 253 g/mol. The first-order chi connectivity index (χ1) is 9.49. The predicted molar refractivity (Wildman–Crippen MR) is 82.7 cm³/mol. The number of benzene rings is 1. The maximum Gasteiger partial charge on any atom is 0.165 e. The lowest BCUT2D eigenvalue weighted by Gasteiger charge is -2.28. The molecule has 1 rings (SSSR count). The highest BCUT2D eigenvalue weighted by atomic mass is 19.1. The average molecular weight is 281 g/mol. The van der Waals surface area contributed by atoms with Crippen molar-refractivity contribution in [2.75, 3.05) is 13.7 Å². The Bertz CT molecular complexity index is 406. The summed E-state index contributed by atoms with van der Waals surface area (Å²) < 4.78 is 18.7. The molecule has 0 saturated heterocycles. The minimum atomic E-state index is -0.281. The van der Waals surface area contributed by atoms with Gasteiger partial charge in [-0.25, -0.2) is 4.39 Å². The number of rotatable bonds is 8. The molecule has 0 aliphatic rings. The van der Waals surface area contributed by atoms with Gasteiger partial charge in [0.15, 0.2) is 11.6 Å². The second kappa shape index (κ2) is 8.25. The summed E-state index contributed by atoms with van der Waals surface area (Å²) in [7, 11) is 1.49. The normalized spacial score (nSPS) is 14.3. The van der Waals surface area contributed by atoms with Crippen LogP contribution >= 0.6 is 0 Å². The van der Waals surface area contributed by atoms with Crippen molar-refractivity contribution in [1.82, 2.24) is 5.32 Å². The van der Waals surface area contributed by atoms with Crippen LogP contribution in [0.3, 0.4) is 0 Å². The lowest BCUT2D eigenvalue weighted by molar-refractivity contribution is 0.296. The van der Waals surface area contributed by atoms with Crippen LogP contribution in [0.15, 0.2) is 18.2 Å². The fourth-order valence-electron chi connectivity index (χ4n) is 2.33. The molecule has 1 aromatic rings. The average Bonchev–Trinajstić information content (AvgIpc) is 2.42. The van der Waals surface area contributed by atoms with Crippen LogP contribution in [-0.2, 0) is 6.42 Å². The number of methoxy groups -OCH3 is 1. The van der Waals surface area contributed by atoms with Crippen molar-refractivity contribution in [1.29, 1.82) is 0 Å². The van der Waals surface area contributed by atoms with Gasteiger partial charge in [-0.2, -0.15) is 0 Å². The van der Waals surface area contributed by atoms with Crippen LogP contribution in [-0.4, -0.2) is 19.7 Å². The molecule has 2 nitrogen and oxygen atoms in total. The van der Waals surface area contributed by atoms with E-state index in [1.165, 1.54) is 7.11 Å². The third-order valence-corrected chi connectivity index (χ3v) is 4.01. The lowest BCUT2D eigenvalue weighted by Crippen LogP contribution is -2.39. The molecule has 0 aliphatic heterocycles. The summed E-state index contributed by atoms with van der Waals surface area (Å²) in [5.41, 5.74) is 1.02. The Morgan fingerprint density at radius 1 is 1.25 bits per heavy atom. The van der Waals surface area contributed by atoms with Crippen LogP contribution in [0.5, 0.6) is 5.75 Å². The molecule has 1 aromatic carbocycles. The van der Waals surface area contributed by atoms with Crippen molar-refractivity contribution in [2.45, 2.75) is 46.6 Å². The highest BCUT2D eigenvalue weighted by Crippen LogP contribution is 2.22. The van der Waals surface area contributed by atoms with Crippen LogP contribution < -0.4 is 10.1 Å². The monoisotopic (exact) mass is 281 g/mol. The van der Waals surface area contributed by atoms with E-state index in [1.54, 1.807) is 12.1 Å². The molecule has 3 heteroatoms. The summed E-state index contributed by atoms with van der Waals surface area (Å²) in [6.07, 6.45) is 1.96. The molecule has 114 valence electrons. The first-order valence-corrected chi connectivity index (χ1v) is 7.55. The van der Waals surface area contributed by atoms with Gasteiger partial charge in [0.25, 0.3) is 0 Å². The number of nitrogens with one attached hydrogen (secondary N) is 1. The number of hydrogen-bond acceptors (Lipinski definition) is 2. The summed E-state index contributed by atoms with van der Waals surface area (Å²) in [5.74, 6) is 1.18. The van der Waals surface area contributed by atoms with Crippen LogP contribution in [0, 0.1) is 17.7 Å². The van der Waals surface area contributed by atoms with Gasteiger partial charge in [-0.05, 0) is 48.9 Å². The number of ether oxygens (including phenoxy) is 1. The van der Waals surface area contributed by atoms with E-state index in [4.69, 9.17) is 4.74 Å². The minimum absolute atomic E-state index is 0.281. The van der Waals surface area contributed by atoms with E-state index in [-0.39, 0.29) is 5.82 Å². The largest absolute Gasteiger partial charge is 0.494 e. The Hall–Kier alpha value is -1.09. The van der Waals surface area contributed by atoms with E-state index in [9.17, 15) is 4.39 Å². The number of hydrogen-bond donors (Lipinski definition) is 1. The van der Waals surface area contributed by atoms with E-state index < -0.39 is 0 Å². The summed E-state index contributed by atoms with van der Waals surface area (Å²) >= 11 is 0. The van der Waals surface area contributed by atoms with E-state index in [1.807, 2.05) is 6.07 Å². The van der Waals surface area contributed by atoms with Crippen molar-refractivity contribution < 1.29 is 9.13 Å². The van der Waals surface area contributed by atoms with Gasteiger partial charge in [0, 0.05) is 6.04 Å². The first kappa shape index (κ1) is 17.0. The minimum Gasteiger partial charge on any atom is -0.494 e. The lowest BCUT2D eigenvalue weighted by atomic mass is 9.86. The molecule has 0 fully saturated rings. The summed E-state index contributed by atoms with van der Waals surface area (Å²) in [6.45, 7) is 9.90. The smallest absolute Gasteiger partial charge is 0.165 e. The van der Waals surface area contributed by atoms with E-state index >= 15 is 0 Å². The van der Waals surface area contributed by atoms with Crippen molar-refractivity contribution in [3.8, 4) is 5.75 Å². The molecule has 0 bridgehead atoms. The molecule has 0 radical (unpaired) electrons. The highest BCUT2D eigenvalue weighted by Gasteiger charge is 2.20. The fraction of sp³-hybridized carbons (Fsp3) is 0.647. The Morgan fingerprint density at radius 2 is 1.95 bits per heavy atom. The van der Waals surface area contributed by atoms with Crippen molar-refractivity contribution in [2.24, 2.45) is 11.8 Å². The molecule has 0 saturated carbocycles. The Morgan fingerprint density at radius 3 is 2.45 bits per heavy atom. The standard InChI is InChI=1S/C17H28FNO/c1-6-9-19-16(13(4)12(2)3)11-14-7-8-17(20-5)15(18)10-14/h7-8,10,12-13,16,19H,6,9,11H2,1-5H3.